The van der Waals surface area contributed by atoms with Crippen LogP contribution in [-0.4, -0.2) is 66.6 Å². The largest absolute Gasteiger partial charge is 0.496 e. The highest BCUT2D eigenvalue weighted by atomic mass is 32.2. The van der Waals surface area contributed by atoms with Crippen LogP contribution in [0.1, 0.15) is 60.8 Å². The summed E-state index contributed by atoms with van der Waals surface area (Å²) < 4.78 is 33.5. The number of hydrogen-bond donors (Lipinski definition) is 2. The van der Waals surface area contributed by atoms with Gasteiger partial charge in [0, 0.05) is 46.5 Å². The molecule has 1 aliphatic carbocycles. The van der Waals surface area contributed by atoms with Gasteiger partial charge in [-0.05, 0) is 92.3 Å². The Labute approximate surface area is 241 Å². The van der Waals surface area contributed by atoms with Gasteiger partial charge in [0.05, 0.1) is 12.0 Å². The molecule has 2 N–H and O–H groups in total. The monoisotopic (exact) mass is 572 g/mol. The van der Waals surface area contributed by atoms with Crippen molar-refractivity contribution in [2.45, 2.75) is 70.6 Å². The Kier molecular flexibility index (Phi) is 10.9. The molecule has 0 atom stereocenters. The molecule has 0 spiro atoms. The highest BCUT2D eigenvalue weighted by Gasteiger charge is 2.33. The van der Waals surface area contributed by atoms with E-state index in [4.69, 9.17) is 4.74 Å². The van der Waals surface area contributed by atoms with Crippen LogP contribution in [0.4, 0.5) is 10.5 Å². The second-order valence-corrected chi connectivity index (χ2v) is 13.5. The summed E-state index contributed by atoms with van der Waals surface area (Å²) in [6, 6.07) is 10.3. The molecule has 0 aliphatic heterocycles. The first-order valence-electron chi connectivity index (χ1n) is 14.3. The molecule has 0 saturated heterocycles. The minimum Gasteiger partial charge on any atom is -0.496 e. The van der Waals surface area contributed by atoms with Crippen LogP contribution in [0.15, 0.2) is 35.2 Å². The molecule has 3 rings (SSSR count). The van der Waals surface area contributed by atoms with Crippen LogP contribution in [-0.2, 0) is 16.4 Å². The molecule has 1 fully saturated rings. The first-order valence-corrected chi connectivity index (χ1v) is 15.7. The van der Waals surface area contributed by atoms with Crippen molar-refractivity contribution in [2.24, 2.45) is 5.41 Å². The van der Waals surface area contributed by atoms with Gasteiger partial charge in [-0.3, -0.25) is 0 Å². The lowest BCUT2D eigenvalue weighted by Crippen LogP contribution is -2.45. The van der Waals surface area contributed by atoms with E-state index >= 15 is 0 Å². The molecule has 2 aromatic carbocycles. The Hall–Kier alpha value is -2.78. The second kappa shape index (κ2) is 13.7. The van der Waals surface area contributed by atoms with Gasteiger partial charge in [-0.15, -0.1) is 0 Å². The fourth-order valence-electron chi connectivity index (χ4n) is 5.80. The third kappa shape index (κ3) is 7.69. The first-order chi connectivity index (χ1) is 18.9. The maximum absolute atomic E-state index is 13.4. The molecule has 1 saturated carbocycles. The van der Waals surface area contributed by atoms with Crippen molar-refractivity contribution in [1.82, 2.24) is 14.9 Å². The minimum absolute atomic E-state index is 0.0652. The van der Waals surface area contributed by atoms with Crippen LogP contribution in [0.25, 0.3) is 0 Å². The molecule has 0 heterocycles. The molecule has 2 aromatic rings. The van der Waals surface area contributed by atoms with Crippen molar-refractivity contribution < 1.29 is 17.9 Å². The number of methoxy groups -OCH3 is 1. The predicted octanol–water partition coefficient (Wildman–Crippen LogP) is 5.19. The summed E-state index contributed by atoms with van der Waals surface area (Å²) in [6.07, 6.45) is 7.30. The smallest absolute Gasteiger partial charge is 0.314 e. The van der Waals surface area contributed by atoms with Gasteiger partial charge < -0.3 is 20.3 Å². The van der Waals surface area contributed by atoms with E-state index in [0.717, 1.165) is 24.8 Å². The zero-order valence-electron chi connectivity index (χ0n) is 25.4. The quantitative estimate of drug-likeness (QED) is 0.342. The first kappa shape index (κ1) is 31.7. The molecule has 9 heteroatoms. The molecule has 8 nitrogen and oxygen atoms in total. The Morgan fingerprint density at radius 3 is 2.23 bits per heavy atom. The Bertz CT molecular complexity index is 1250. The standard InChI is InChI=1S/C31H48N4O4S/c1-23-20-28(39-7)24(2)25(3)29(23)40(37,38)35(6)19-11-18-32-30(36)33-22-31(16-9-8-10-17-31)21-26-12-14-27(15-13-26)34(4)5/h12-15,20H,8-11,16-19,21-22H2,1-7H3,(H2,32,33,36). The summed E-state index contributed by atoms with van der Waals surface area (Å²) in [5.74, 6) is 0.684. The third-order valence-corrected chi connectivity index (χ3v) is 10.5. The van der Waals surface area contributed by atoms with E-state index in [9.17, 15) is 13.2 Å². The third-order valence-electron chi connectivity index (χ3n) is 8.37. The van der Waals surface area contributed by atoms with Gasteiger partial charge in [0.25, 0.3) is 0 Å². The van der Waals surface area contributed by atoms with Gasteiger partial charge in [-0.2, -0.15) is 0 Å². The van der Waals surface area contributed by atoms with E-state index in [2.05, 4.69) is 39.8 Å². The van der Waals surface area contributed by atoms with Gasteiger partial charge in [0.2, 0.25) is 10.0 Å². The highest BCUT2D eigenvalue weighted by molar-refractivity contribution is 7.89. The number of carbonyl (C=O) groups excluding carboxylic acids is 1. The van der Waals surface area contributed by atoms with Crippen LogP contribution in [0, 0.1) is 26.2 Å². The summed E-state index contributed by atoms with van der Waals surface area (Å²) in [5, 5.41) is 6.04. The second-order valence-electron chi connectivity index (χ2n) is 11.6. The molecule has 0 bridgehead atoms. The molecule has 40 heavy (non-hydrogen) atoms. The van der Waals surface area contributed by atoms with Crippen LogP contribution in [0.5, 0.6) is 5.75 Å². The Balaban J connectivity index is 1.52. The van der Waals surface area contributed by atoms with Crippen molar-refractivity contribution in [3.05, 3.63) is 52.6 Å². The fraction of sp³-hybridized carbons (Fsp3) is 0.581. The number of rotatable bonds is 12. The number of benzene rings is 2. The van der Waals surface area contributed by atoms with Gasteiger partial charge in [-0.25, -0.2) is 17.5 Å². The van der Waals surface area contributed by atoms with Crippen molar-refractivity contribution in [1.29, 1.82) is 0 Å². The van der Waals surface area contributed by atoms with E-state index in [-0.39, 0.29) is 11.4 Å². The summed E-state index contributed by atoms with van der Waals surface area (Å²) in [4.78, 5) is 15.1. The number of sulfonamides is 1. The lowest BCUT2D eigenvalue weighted by Gasteiger charge is -2.38. The van der Waals surface area contributed by atoms with Gasteiger partial charge >= 0.3 is 6.03 Å². The molecule has 0 radical (unpaired) electrons. The molecular formula is C31H48N4O4S. The van der Waals surface area contributed by atoms with Crippen LogP contribution in [0.2, 0.25) is 0 Å². The number of carbonyl (C=O) groups is 1. The van der Waals surface area contributed by atoms with E-state index in [1.54, 1.807) is 27.1 Å². The summed E-state index contributed by atoms with van der Waals surface area (Å²) in [5.41, 5.74) is 4.73. The number of anilines is 1. The Morgan fingerprint density at radius 2 is 1.62 bits per heavy atom. The number of aryl methyl sites for hydroxylation is 1. The summed E-state index contributed by atoms with van der Waals surface area (Å²) in [7, 11) is 3.59. The maximum Gasteiger partial charge on any atom is 0.314 e. The molecule has 0 unspecified atom stereocenters. The number of urea groups is 1. The fourth-order valence-corrected chi connectivity index (χ4v) is 7.49. The summed E-state index contributed by atoms with van der Waals surface area (Å²) in [6.45, 7) is 6.81. The zero-order chi connectivity index (χ0) is 29.5. The number of nitrogens with one attached hydrogen (secondary N) is 2. The van der Waals surface area contributed by atoms with Gasteiger partial charge in [-0.1, -0.05) is 31.4 Å². The predicted molar refractivity (Wildman–Crippen MR) is 163 cm³/mol. The zero-order valence-corrected chi connectivity index (χ0v) is 26.2. The minimum atomic E-state index is -3.67. The SMILES string of the molecule is COc1cc(C)c(S(=O)(=O)N(C)CCCNC(=O)NCC2(Cc3ccc(N(C)C)cc3)CCCCC2)c(C)c1C. The normalized spacial score (nSPS) is 15.1. The number of hydrogen-bond acceptors (Lipinski definition) is 5. The average Bonchev–Trinajstić information content (AvgIpc) is 2.92. The van der Waals surface area contributed by atoms with E-state index in [1.165, 1.54) is 34.8 Å². The van der Waals surface area contributed by atoms with Crippen molar-refractivity contribution in [3.63, 3.8) is 0 Å². The van der Waals surface area contributed by atoms with Crippen LogP contribution < -0.4 is 20.3 Å². The van der Waals surface area contributed by atoms with Crippen LogP contribution in [0.3, 0.4) is 0 Å². The lowest BCUT2D eigenvalue weighted by atomic mass is 9.70. The van der Waals surface area contributed by atoms with E-state index in [1.807, 2.05) is 27.9 Å². The molecule has 0 aromatic heterocycles. The maximum atomic E-state index is 13.4. The van der Waals surface area contributed by atoms with E-state index < -0.39 is 10.0 Å². The number of nitrogens with zero attached hydrogens (tertiary/aromatic N) is 2. The number of amides is 2. The van der Waals surface area contributed by atoms with Gasteiger partial charge in [0.15, 0.2) is 0 Å². The molecule has 1 aliphatic rings. The lowest BCUT2D eigenvalue weighted by molar-refractivity contribution is 0.178. The van der Waals surface area contributed by atoms with Crippen molar-refractivity contribution in [3.8, 4) is 5.75 Å². The Morgan fingerprint density at radius 1 is 0.975 bits per heavy atom. The average molecular weight is 573 g/mol. The topological polar surface area (TPSA) is 91.0 Å². The molecular weight excluding hydrogens is 524 g/mol. The van der Waals surface area contributed by atoms with Crippen molar-refractivity contribution >= 4 is 21.7 Å². The van der Waals surface area contributed by atoms with E-state index in [0.29, 0.717) is 47.8 Å². The molecule has 222 valence electrons. The highest BCUT2D eigenvalue weighted by Crippen LogP contribution is 2.39. The van der Waals surface area contributed by atoms with Crippen LogP contribution >= 0.6 is 0 Å². The van der Waals surface area contributed by atoms with Crippen molar-refractivity contribution in [2.75, 3.05) is 52.8 Å². The van der Waals surface area contributed by atoms with Gasteiger partial charge in [0.1, 0.15) is 5.75 Å². The molecule has 2 amide bonds. The number of ether oxygens (including phenoxy) is 1. The summed E-state index contributed by atoms with van der Waals surface area (Å²) >= 11 is 0.